The summed E-state index contributed by atoms with van der Waals surface area (Å²) in [6.45, 7) is 6.43. The largest absolute Gasteiger partial charge is 0.302 e. The molecule has 4 nitrogen and oxygen atoms in total. The van der Waals surface area contributed by atoms with Crippen LogP contribution in [0.4, 0.5) is 5.82 Å². The zero-order valence-electron chi connectivity index (χ0n) is 10.3. The van der Waals surface area contributed by atoms with Gasteiger partial charge in [-0.2, -0.15) is 0 Å². The molecule has 0 radical (unpaired) electrons. The van der Waals surface area contributed by atoms with Gasteiger partial charge in [0.05, 0.1) is 0 Å². The molecule has 2 unspecified atom stereocenters. The number of nitrogens with one attached hydrogen (secondary N) is 1. The number of hydrogen-bond donors (Lipinski definition) is 1. The number of anilines is 1. The lowest BCUT2D eigenvalue weighted by molar-refractivity contribution is 0.135. The van der Waals surface area contributed by atoms with Crippen molar-refractivity contribution in [2.45, 2.75) is 52.1 Å². The zero-order chi connectivity index (χ0) is 11.5. The van der Waals surface area contributed by atoms with Crippen molar-refractivity contribution in [1.29, 1.82) is 0 Å². The second-order valence-electron chi connectivity index (χ2n) is 4.64. The molecule has 4 heteroatoms. The fraction of sp³-hybridized carbons (Fsp3) is 0.667. The molecule has 2 heterocycles. The molecule has 1 fully saturated rings. The van der Waals surface area contributed by atoms with Gasteiger partial charge in [-0.3, -0.25) is 0 Å². The van der Waals surface area contributed by atoms with E-state index in [0.29, 0.717) is 12.1 Å². The van der Waals surface area contributed by atoms with Gasteiger partial charge in [-0.05, 0) is 33.6 Å². The average molecular weight is 220 g/mol. The van der Waals surface area contributed by atoms with Crippen LogP contribution >= 0.6 is 0 Å². The lowest BCUT2D eigenvalue weighted by Gasteiger charge is -2.39. The van der Waals surface area contributed by atoms with Gasteiger partial charge in [-0.25, -0.2) is 15.0 Å². The van der Waals surface area contributed by atoms with Gasteiger partial charge in [0.25, 0.3) is 0 Å². The summed E-state index contributed by atoms with van der Waals surface area (Å²) in [5, 5.41) is 2.31. The smallest absolute Gasteiger partial charge is 0.144 e. The Morgan fingerprint density at radius 3 is 2.62 bits per heavy atom. The monoisotopic (exact) mass is 220 g/mol. The highest BCUT2D eigenvalue weighted by atomic mass is 15.5. The molecular weight excluding hydrogens is 200 g/mol. The minimum Gasteiger partial charge on any atom is -0.302 e. The Morgan fingerprint density at radius 2 is 2.00 bits per heavy atom. The zero-order valence-corrected chi connectivity index (χ0v) is 10.3. The van der Waals surface area contributed by atoms with Crippen molar-refractivity contribution in [3.05, 3.63) is 18.1 Å². The van der Waals surface area contributed by atoms with E-state index < -0.39 is 0 Å². The number of aryl methyl sites for hydroxylation is 1. The summed E-state index contributed by atoms with van der Waals surface area (Å²) in [5.74, 6) is 1.70. The van der Waals surface area contributed by atoms with E-state index in [4.69, 9.17) is 0 Å². The first-order valence-electron chi connectivity index (χ1n) is 6.01. The molecule has 1 N–H and O–H groups in total. The fourth-order valence-corrected chi connectivity index (χ4v) is 2.29. The first kappa shape index (κ1) is 11.3. The lowest BCUT2D eigenvalue weighted by Crippen LogP contribution is -2.47. The third-order valence-electron chi connectivity index (χ3n) is 3.21. The van der Waals surface area contributed by atoms with Crippen LogP contribution in [0.2, 0.25) is 0 Å². The van der Waals surface area contributed by atoms with Gasteiger partial charge < -0.3 is 5.43 Å². The summed E-state index contributed by atoms with van der Waals surface area (Å²) in [6.07, 6.45) is 5.62. The second-order valence-corrected chi connectivity index (χ2v) is 4.64. The molecule has 1 saturated heterocycles. The van der Waals surface area contributed by atoms with Gasteiger partial charge in [-0.15, -0.1) is 0 Å². The minimum absolute atomic E-state index is 0.569. The highest BCUT2D eigenvalue weighted by Gasteiger charge is 2.24. The molecule has 0 aromatic carbocycles. The number of piperidine rings is 1. The van der Waals surface area contributed by atoms with Gasteiger partial charge >= 0.3 is 0 Å². The molecule has 0 spiro atoms. The molecule has 0 bridgehead atoms. The maximum Gasteiger partial charge on any atom is 0.144 e. The van der Waals surface area contributed by atoms with Gasteiger partial charge in [0.1, 0.15) is 11.6 Å². The van der Waals surface area contributed by atoms with E-state index in [2.05, 4.69) is 34.3 Å². The predicted octanol–water partition coefficient (Wildman–Crippen LogP) is 2.37. The van der Waals surface area contributed by atoms with Crippen LogP contribution in [-0.2, 0) is 0 Å². The van der Waals surface area contributed by atoms with Crippen LogP contribution in [0.1, 0.15) is 38.9 Å². The highest BCUT2D eigenvalue weighted by molar-refractivity contribution is 5.31. The normalized spacial score (nSPS) is 26.7. The third-order valence-corrected chi connectivity index (χ3v) is 3.21. The Hall–Kier alpha value is -1.16. The van der Waals surface area contributed by atoms with Gasteiger partial charge in [-0.1, -0.05) is 6.42 Å². The van der Waals surface area contributed by atoms with Crippen LogP contribution in [0.3, 0.4) is 0 Å². The molecule has 1 aromatic heterocycles. The van der Waals surface area contributed by atoms with Crippen LogP contribution < -0.4 is 5.43 Å². The number of aromatic nitrogens is 2. The lowest BCUT2D eigenvalue weighted by atomic mass is 10.00. The molecule has 0 aliphatic carbocycles. The summed E-state index contributed by atoms with van der Waals surface area (Å²) in [5.41, 5.74) is 3.40. The summed E-state index contributed by atoms with van der Waals surface area (Å²) >= 11 is 0. The van der Waals surface area contributed by atoms with Crippen molar-refractivity contribution >= 4 is 5.82 Å². The Balaban J connectivity index is 2.07. The van der Waals surface area contributed by atoms with E-state index in [1.165, 1.54) is 19.3 Å². The Bertz CT molecular complexity index is 343. The van der Waals surface area contributed by atoms with E-state index in [1.807, 2.05) is 13.0 Å². The average Bonchev–Trinajstić information content (AvgIpc) is 2.24. The summed E-state index contributed by atoms with van der Waals surface area (Å²) in [4.78, 5) is 8.47. The Morgan fingerprint density at radius 1 is 1.31 bits per heavy atom. The molecular formula is C12H20N4. The molecule has 2 rings (SSSR count). The number of hydrazine groups is 1. The van der Waals surface area contributed by atoms with Gasteiger partial charge in [0, 0.05) is 24.3 Å². The standard InChI is InChI=1S/C12H20N4/c1-9-5-4-6-10(2)16(9)15-12-7-8-13-11(3)14-12/h7-10H,4-6H2,1-3H3,(H,13,14,15). The van der Waals surface area contributed by atoms with Gasteiger partial charge in [0.15, 0.2) is 0 Å². The van der Waals surface area contributed by atoms with Crippen LogP contribution in [0, 0.1) is 6.92 Å². The number of hydrogen-bond acceptors (Lipinski definition) is 4. The van der Waals surface area contributed by atoms with Crippen molar-refractivity contribution in [3.8, 4) is 0 Å². The molecule has 0 saturated carbocycles. The van der Waals surface area contributed by atoms with E-state index >= 15 is 0 Å². The molecule has 2 atom stereocenters. The second kappa shape index (κ2) is 4.78. The predicted molar refractivity (Wildman–Crippen MR) is 65.0 cm³/mol. The SMILES string of the molecule is Cc1nccc(NN2C(C)CCCC2C)n1. The molecule has 88 valence electrons. The van der Waals surface area contributed by atoms with E-state index in [1.54, 1.807) is 6.20 Å². The van der Waals surface area contributed by atoms with Crippen molar-refractivity contribution in [3.63, 3.8) is 0 Å². The van der Waals surface area contributed by atoms with E-state index in [-0.39, 0.29) is 0 Å². The summed E-state index contributed by atoms with van der Waals surface area (Å²) < 4.78 is 0. The number of nitrogens with zero attached hydrogens (tertiary/aromatic N) is 3. The number of rotatable bonds is 2. The van der Waals surface area contributed by atoms with Crippen LogP contribution in [0.15, 0.2) is 12.3 Å². The summed E-state index contributed by atoms with van der Waals surface area (Å²) in [7, 11) is 0. The molecule has 1 aliphatic heterocycles. The minimum atomic E-state index is 0.569. The molecule has 16 heavy (non-hydrogen) atoms. The molecule has 1 aromatic rings. The first-order chi connectivity index (χ1) is 7.66. The maximum atomic E-state index is 4.37. The van der Waals surface area contributed by atoms with Crippen LogP contribution in [0.25, 0.3) is 0 Å². The third kappa shape index (κ3) is 2.50. The van der Waals surface area contributed by atoms with E-state index in [9.17, 15) is 0 Å². The van der Waals surface area contributed by atoms with Crippen LogP contribution in [-0.4, -0.2) is 27.1 Å². The highest BCUT2D eigenvalue weighted by Crippen LogP contribution is 2.22. The topological polar surface area (TPSA) is 41.1 Å². The van der Waals surface area contributed by atoms with Crippen molar-refractivity contribution < 1.29 is 0 Å². The Kier molecular flexibility index (Phi) is 3.39. The first-order valence-corrected chi connectivity index (χ1v) is 6.01. The quantitative estimate of drug-likeness (QED) is 0.830. The van der Waals surface area contributed by atoms with Gasteiger partial charge in [0.2, 0.25) is 0 Å². The van der Waals surface area contributed by atoms with Crippen LogP contribution in [0.5, 0.6) is 0 Å². The van der Waals surface area contributed by atoms with Crippen molar-refractivity contribution in [1.82, 2.24) is 15.0 Å². The Labute approximate surface area is 97.1 Å². The fourth-order valence-electron chi connectivity index (χ4n) is 2.29. The summed E-state index contributed by atoms with van der Waals surface area (Å²) in [6, 6.07) is 3.05. The maximum absolute atomic E-state index is 4.37. The van der Waals surface area contributed by atoms with E-state index in [0.717, 1.165) is 11.6 Å². The molecule has 0 amide bonds. The van der Waals surface area contributed by atoms with Crippen molar-refractivity contribution in [2.75, 3.05) is 5.43 Å². The van der Waals surface area contributed by atoms with Crippen molar-refractivity contribution in [2.24, 2.45) is 0 Å². The molecule has 1 aliphatic rings.